The fourth-order valence-electron chi connectivity index (χ4n) is 2.49. The summed E-state index contributed by atoms with van der Waals surface area (Å²) in [5.74, 6) is 1.41. The second kappa shape index (κ2) is 4.48. The first-order valence-corrected chi connectivity index (χ1v) is 7.16. The first-order valence-electron chi connectivity index (χ1n) is 6.28. The van der Waals surface area contributed by atoms with E-state index in [1.165, 1.54) is 12.8 Å². The molecule has 1 atom stereocenters. The molecule has 4 nitrogen and oxygen atoms in total. The van der Waals surface area contributed by atoms with Crippen molar-refractivity contribution in [2.45, 2.75) is 32.7 Å². The van der Waals surface area contributed by atoms with Crippen LogP contribution in [0.4, 0.5) is 0 Å². The largest absolute Gasteiger partial charge is 0.337 e. The van der Waals surface area contributed by atoms with Crippen LogP contribution in [0.15, 0.2) is 22.0 Å². The highest BCUT2D eigenvalue weighted by molar-refractivity contribution is 7.13. The topological polar surface area (TPSA) is 51.0 Å². The van der Waals surface area contributed by atoms with Crippen molar-refractivity contribution in [1.82, 2.24) is 15.5 Å². The molecule has 5 heteroatoms. The maximum absolute atomic E-state index is 5.45. The van der Waals surface area contributed by atoms with Gasteiger partial charge in [0.15, 0.2) is 0 Å². The van der Waals surface area contributed by atoms with Gasteiger partial charge in [0.05, 0.1) is 10.9 Å². The Hall–Kier alpha value is -1.20. The molecule has 2 aromatic heterocycles. The van der Waals surface area contributed by atoms with Crippen LogP contribution >= 0.6 is 11.3 Å². The summed E-state index contributed by atoms with van der Waals surface area (Å²) >= 11 is 1.63. The zero-order valence-electron chi connectivity index (χ0n) is 10.6. The standard InChI is InChI=1S/C13H17N3OS/c1-13(2)6-4-7-14-10(13)12-15-11(16-17-12)9-5-3-8-18-9/h3,5,8,10,14H,4,6-7H2,1-2H3. The highest BCUT2D eigenvalue weighted by Gasteiger charge is 2.37. The zero-order chi connectivity index (χ0) is 12.6. The van der Waals surface area contributed by atoms with Crippen LogP contribution in [0.3, 0.4) is 0 Å². The molecule has 2 aromatic rings. The average molecular weight is 263 g/mol. The number of hydrogen-bond donors (Lipinski definition) is 1. The summed E-state index contributed by atoms with van der Waals surface area (Å²) in [5, 5.41) is 9.60. The summed E-state index contributed by atoms with van der Waals surface area (Å²) in [5.41, 5.74) is 0.164. The van der Waals surface area contributed by atoms with Crippen LogP contribution in [0.25, 0.3) is 10.7 Å². The second-order valence-electron chi connectivity index (χ2n) is 5.41. The minimum atomic E-state index is 0.160. The van der Waals surface area contributed by atoms with Gasteiger partial charge < -0.3 is 9.84 Å². The number of nitrogens with zero attached hydrogens (tertiary/aromatic N) is 2. The molecule has 96 valence electrons. The Kier molecular flexibility index (Phi) is 2.95. The van der Waals surface area contributed by atoms with Crippen LogP contribution in [0.2, 0.25) is 0 Å². The third-order valence-corrected chi connectivity index (χ3v) is 4.42. The Morgan fingerprint density at radius 1 is 1.50 bits per heavy atom. The highest BCUT2D eigenvalue weighted by atomic mass is 32.1. The van der Waals surface area contributed by atoms with Crippen LogP contribution in [-0.4, -0.2) is 16.7 Å². The van der Waals surface area contributed by atoms with Crippen LogP contribution in [0, 0.1) is 5.41 Å². The first-order chi connectivity index (χ1) is 8.67. The van der Waals surface area contributed by atoms with Crippen molar-refractivity contribution >= 4 is 11.3 Å². The minimum Gasteiger partial charge on any atom is -0.337 e. The molecule has 1 aliphatic heterocycles. The summed E-state index contributed by atoms with van der Waals surface area (Å²) in [6.45, 7) is 5.52. The Morgan fingerprint density at radius 2 is 2.39 bits per heavy atom. The van der Waals surface area contributed by atoms with Crippen molar-refractivity contribution in [2.24, 2.45) is 5.41 Å². The second-order valence-corrected chi connectivity index (χ2v) is 6.36. The Labute approximate surface area is 110 Å². The number of piperidine rings is 1. The van der Waals surface area contributed by atoms with Gasteiger partial charge in [-0.3, -0.25) is 0 Å². The molecule has 3 heterocycles. The van der Waals surface area contributed by atoms with E-state index in [9.17, 15) is 0 Å². The van der Waals surface area contributed by atoms with E-state index >= 15 is 0 Å². The van der Waals surface area contributed by atoms with Gasteiger partial charge in [0, 0.05) is 0 Å². The monoisotopic (exact) mass is 263 g/mol. The molecule has 0 bridgehead atoms. The Balaban J connectivity index is 1.89. The van der Waals surface area contributed by atoms with Gasteiger partial charge in [-0.25, -0.2) is 0 Å². The van der Waals surface area contributed by atoms with Gasteiger partial charge in [0.25, 0.3) is 0 Å². The van der Waals surface area contributed by atoms with Gasteiger partial charge in [0.1, 0.15) is 0 Å². The molecule has 3 rings (SSSR count). The molecule has 0 amide bonds. The molecular weight excluding hydrogens is 246 g/mol. The van der Waals surface area contributed by atoms with Gasteiger partial charge in [-0.1, -0.05) is 25.1 Å². The van der Waals surface area contributed by atoms with Gasteiger partial charge >= 0.3 is 0 Å². The van der Waals surface area contributed by atoms with E-state index < -0.39 is 0 Å². The maximum atomic E-state index is 5.45. The van der Waals surface area contributed by atoms with Crippen molar-refractivity contribution in [3.63, 3.8) is 0 Å². The predicted octanol–water partition coefficient (Wildman–Crippen LogP) is 3.25. The van der Waals surface area contributed by atoms with E-state index in [1.807, 2.05) is 17.5 Å². The Bertz CT molecular complexity index is 518. The van der Waals surface area contributed by atoms with Crippen molar-refractivity contribution < 1.29 is 4.52 Å². The molecule has 0 aliphatic carbocycles. The highest BCUT2D eigenvalue weighted by Crippen LogP contribution is 2.39. The fourth-order valence-corrected chi connectivity index (χ4v) is 3.14. The quantitative estimate of drug-likeness (QED) is 0.903. The average Bonchev–Trinajstić information content (AvgIpc) is 2.99. The molecule has 18 heavy (non-hydrogen) atoms. The smallest absolute Gasteiger partial charge is 0.244 e. The van der Waals surface area contributed by atoms with Gasteiger partial charge in [0.2, 0.25) is 11.7 Å². The third-order valence-electron chi connectivity index (χ3n) is 3.56. The molecule has 0 aromatic carbocycles. The number of rotatable bonds is 2. The van der Waals surface area contributed by atoms with E-state index in [0.29, 0.717) is 11.7 Å². The summed E-state index contributed by atoms with van der Waals surface area (Å²) < 4.78 is 5.45. The summed E-state index contributed by atoms with van der Waals surface area (Å²) in [7, 11) is 0. The molecule has 1 fully saturated rings. The van der Waals surface area contributed by atoms with Gasteiger partial charge in [-0.05, 0) is 36.2 Å². The zero-order valence-corrected chi connectivity index (χ0v) is 11.5. The Morgan fingerprint density at radius 3 is 3.11 bits per heavy atom. The minimum absolute atomic E-state index is 0.160. The lowest BCUT2D eigenvalue weighted by atomic mass is 9.77. The normalized spacial score (nSPS) is 23.1. The van der Waals surface area contributed by atoms with E-state index in [4.69, 9.17) is 4.52 Å². The SMILES string of the molecule is CC1(C)CCCNC1c1nc(-c2cccs2)no1. The van der Waals surface area contributed by atoms with Crippen LogP contribution in [0.1, 0.15) is 38.6 Å². The molecule has 1 unspecified atom stereocenters. The van der Waals surface area contributed by atoms with Gasteiger partial charge in [-0.15, -0.1) is 11.3 Å². The number of thiophene rings is 1. The van der Waals surface area contributed by atoms with E-state index in [-0.39, 0.29) is 11.5 Å². The van der Waals surface area contributed by atoms with Crippen molar-refractivity contribution in [1.29, 1.82) is 0 Å². The maximum Gasteiger partial charge on any atom is 0.244 e. The van der Waals surface area contributed by atoms with E-state index in [2.05, 4.69) is 29.3 Å². The van der Waals surface area contributed by atoms with Crippen LogP contribution in [0.5, 0.6) is 0 Å². The lowest BCUT2D eigenvalue weighted by Gasteiger charge is -2.36. The fraction of sp³-hybridized carbons (Fsp3) is 0.538. The summed E-state index contributed by atoms with van der Waals surface area (Å²) in [4.78, 5) is 5.60. The third kappa shape index (κ3) is 2.08. The number of hydrogen-bond acceptors (Lipinski definition) is 5. The molecule has 1 N–H and O–H groups in total. The molecule has 0 spiro atoms. The molecule has 1 saturated heterocycles. The van der Waals surface area contributed by atoms with E-state index in [0.717, 1.165) is 11.4 Å². The van der Waals surface area contributed by atoms with Crippen molar-refractivity contribution in [3.8, 4) is 10.7 Å². The van der Waals surface area contributed by atoms with Crippen LogP contribution < -0.4 is 5.32 Å². The van der Waals surface area contributed by atoms with Crippen molar-refractivity contribution in [3.05, 3.63) is 23.4 Å². The summed E-state index contributed by atoms with van der Waals surface area (Å²) in [6, 6.07) is 4.17. The van der Waals surface area contributed by atoms with E-state index in [1.54, 1.807) is 11.3 Å². The lowest BCUT2D eigenvalue weighted by Crippen LogP contribution is -2.39. The first kappa shape index (κ1) is 11.9. The van der Waals surface area contributed by atoms with Gasteiger partial charge in [-0.2, -0.15) is 4.98 Å². The lowest BCUT2D eigenvalue weighted by molar-refractivity contribution is 0.147. The van der Waals surface area contributed by atoms with Crippen molar-refractivity contribution in [2.75, 3.05) is 6.54 Å². The summed E-state index contributed by atoms with van der Waals surface area (Å²) in [6.07, 6.45) is 2.39. The molecule has 0 saturated carbocycles. The molecule has 0 radical (unpaired) electrons. The predicted molar refractivity (Wildman–Crippen MR) is 71.4 cm³/mol. The number of aromatic nitrogens is 2. The molecule has 1 aliphatic rings. The molecular formula is C13H17N3OS. The van der Waals surface area contributed by atoms with Crippen LogP contribution in [-0.2, 0) is 0 Å². The number of nitrogens with one attached hydrogen (secondary N) is 1.